The number of carbonyl (C=O) groups is 2. The van der Waals surface area contributed by atoms with E-state index < -0.39 is 11.7 Å². The van der Waals surface area contributed by atoms with E-state index in [9.17, 15) is 14.0 Å². The van der Waals surface area contributed by atoms with Gasteiger partial charge in [0, 0.05) is 17.6 Å². The number of carbonyl (C=O) groups excluding carboxylic acids is 2. The zero-order chi connectivity index (χ0) is 21.5. The minimum Gasteiger partial charge on any atom is -0.375 e. The molecular weight excluding hydrogens is 405 g/mol. The van der Waals surface area contributed by atoms with Gasteiger partial charge in [-0.15, -0.1) is 11.3 Å². The highest BCUT2D eigenvalue weighted by atomic mass is 32.1. The summed E-state index contributed by atoms with van der Waals surface area (Å²) in [4.78, 5) is 32.5. The monoisotopic (exact) mass is 433 g/mol. The Labute approximate surface area is 179 Å². The summed E-state index contributed by atoms with van der Waals surface area (Å²) in [7, 11) is 0. The van der Waals surface area contributed by atoms with Gasteiger partial charge < -0.3 is 16.4 Å². The molecule has 0 unspecified atom stereocenters. The van der Waals surface area contributed by atoms with E-state index >= 15 is 0 Å². The number of piperidine rings is 1. The third kappa shape index (κ3) is 5.99. The van der Waals surface area contributed by atoms with E-state index in [0.29, 0.717) is 10.7 Å². The Balaban J connectivity index is 1.64. The van der Waals surface area contributed by atoms with E-state index in [-0.39, 0.29) is 30.9 Å². The number of hydrogen-bond acceptors (Lipinski definition) is 6. The predicted molar refractivity (Wildman–Crippen MR) is 115 cm³/mol. The van der Waals surface area contributed by atoms with Crippen molar-refractivity contribution >= 4 is 28.3 Å². The van der Waals surface area contributed by atoms with Gasteiger partial charge in [-0.05, 0) is 50.6 Å². The lowest BCUT2D eigenvalue weighted by Gasteiger charge is -2.31. The van der Waals surface area contributed by atoms with Crippen LogP contribution >= 0.6 is 11.3 Å². The number of nitrogen functional groups attached to an aromatic ring is 1. The summed E-state index contributed by atoms with van der Waals surface area (Å²) in [6.45, 7) is 4.06. The number of likely N-dealkylation sites (tertiary alicyclic amines) is 1. The fourth-order valence-electron chi connectivity index (χ4n) is 3.61. The molecule has 0 saturated carbocycles. The van der Waals surface area contributed by atoms with Crippen molar-refractivity contribution in [1.82, 2.24) is 20.5 Å². The molecule has 1 aliphatic rings. The van der Waals surface area contributed by atoms with E-state index in [1.165, 1.54) is 29.9 Å². The number of hydrogen-bond donors (Lipinski definition) is 3. The summed E-state index contributed by atoms with van der Waals surface area (Å²) >= 11 is 1.29. The van der Waals surface area contributed by atoms with E-state index in [1.54, 1.807) is 18.3 Å². The van der Waals surface area contributed by atoms with E-state index in [4.69, 9.17) is 5.73 Å². The zero-order valence-corrected chi connectivity index (χ0v) is 17.9. The molecule has 1 saturated heterocycles. The van der Waals surface area contributed by atoms with Crippen molar-refractivity contribution in [3.63, 3.8) is 0 Å². The largest absolute Gasteiger partial charge is 0.375 e. The van der Waals surface area contributed by atoms with Gasteiger partial charge in [-0.3, -0.25) is 14.5 Å². The van der Waals surface area contributed by atoms with Gasteiger partial charge in [0.2, 0.25) is 11.8 Å². The number of anilines is 1. The minimum atomic E-state index is -0.705. The van der Waals surface area contributed by atoms with Gasteiger partial charge in [-0.2, -0.15) is 0 Å². The average molecular weight is 434 g/mol. The second-order valence-corrected chi connectivity index (χ2v) is 8.65. The maximum absolute atomic E-state index is 13.8. The third-order valence-corrected chi connectivity index (χ3v) is 6.20. The third-order valence-electron chi connectivity index (χ3n) is 5.37. The summed E-state index contributed by atoms with van der Waals surface area (Å²) in [6, 6.07) is 5.65. The van der Waals surface area contributed by atoms with Crippen LogP contribution in [0.5, 0.6) is 0 Å². The summed E-state index contributed by atoms with van der Waals surface area (Å²) in [6.07, 6.45) is 4.99. The van der Waals surface area contributed by atoms with Crippen LogP contribution in [-0.2, 0) is 16.1 Å². The average Bonchev–Trinajstić information content (AvgIpc) is 3.17. The van der Waals surface area contributed by atoms with Gasteiger partial charge in [-0.1, -0.05) is 18.6 Å². The van der Waals surface area contributed by atoms with Gasteiger partial charge >= 0.3 is 0 Å². The Morgan fingerprint density at radius 1 is 1.23 bits per heavy atom. The lowest BCUT2D eigenvalue weighted by Crippen LogP contribution is -2.48. The van der Waals surface area contributed by atoms with Crippen molar-refractivity contribution in [2.24, 2.45) is 0 Å². The SMILES string of the molecule is C[C@@H](C(=O)NC[C@H](C(=O)NCc1cnc(N)s1)c1cccc(F)c1)N1CCCCC1. The zero-order valence-electron chi connectivity index (χ0n) is 17.1. The maximum atomic E-state index is 13.8. The molecule has 2 aromatic rings. The van der Waals surface area contributed by atoms with E-state index in [1.807, 2.05) is 6.92 Å². The van der Waals surface area contributed by atoms with Crippen molar-refractivity contribution in [3.05, 3.63) is 46.7 Å². The van der Waals surface area contributed by atoms with Gasteiger partial charge in [0.25, 0.3) is 0 Å². The van der Waals surface area contributed by atoms with E-state index in [2.05, 4.69) is 20.5 Å². The first kappa shape index (κ1) is 22.2. The first-order chi connectivity index (χ1) is 14.4. The van der Waals surface area contributed by atoms with Gasteiger partial charge in [0.1, 0.15) is 5.82 Å². The van der Waals surface area contributed by atoms with Crippen LogP contribution in [0.3, 0.4) is 0 Å². The quantitative estimate of drug-likeness (QED) is 0.593. The Morgan fingerprint density at radius 2 is 2.00 bits per heavy atom. The van der Waals surface area contributed by atoms with Crippen LogP contribution < -0.4 is 16.4 Å². The lowest BCUT2D eigenvalue weighted by atomic mass is 9.97. The molecule has 1 fully saturated rings. The van der Waals surface area contributed by atoms with Crippen molar-refractivity contribution < 1.29 is 14.0 Å². The van der Waals surface area contributed by atoms with E-state index in [0.717, 1.165) is 30.8 Å². The number of nitrogens with one attached hydrogen (secondary N) is 2. The normalized spacial score (nSPS) is 16.6. The molecule has 7 nitrogen and oxygen atoms in total. The second-order valence-electron chi connectivity index (χ2n) is 7.51. The predicted octanol–water partition coefficient (Wildman–Crippen LogP) is 2.25. The Morgan fingerprint density at radius 3 is 2.67 bits per heavy atom. The van der Waals surface area contributed by atoms with Crippen LogP contribution in [0.4, 0.5) is 9.52 Å². The van der Waals surface area contributed by atoms with Crippen LogP contribution in [-0.4, -0.2) is 47.4 Å². The minimum absolute atomic E-state index is 0.0944. The first-order valence-corrected chi connectivity index (χ1v) is 11.0. The molecule has 9 heteroatoms. The summed E-state index contributed by atoms with van der Waals surface area (Å²) in [5.41, 5.74) is 6.14. The number of benzene rings is 1. The van der Waals surface area contributed by atoms with Crippen LogP contribution in [0.2, 0.25) is 0 Å². The molecule has 2 heterocycles. The smallest absolute Gasteiger partial charge is 0.237 e. The number of aromatic nitrogens is 1. The van der Waals surface area contributed by atoms with Crippen LogP contribution in [0.15, 0.2) is 30.5 Å². The Bertz CT molecular complexity index is 869. The van der Waals surface area contributed by atoms with Crippen molar-refractivity contribution in [2.75, 3.05) is 25.4 Å². The number of nitrogens with two attached hydrogens (primary N) is 1. The van der Waals surface area contributed by atoms with Crippen LogP contribution in [0, 0.1) is 5.82 Å². The molecular formula is C21H28FN5O2S. The molecule has 0 radical (unpaired) electrons. The summed E-state index contributed by atoms with van der Waals surface area (Å²) in [5.74, 6) is -1.54. The highest BCUT2D eigenvalue weighted by Crippen LogP contribution is 2.19. The van der Waals surface area contributed by atoms with Crippen molar-refractivity contribution in [1.29, 1.82) is 0 Å². The molecule has 162 valence electrons. The highest BCUT2D eigenvalue weighted by molar-refractivity contribution is 7.15. The fourth-order valence-corrected chi connectivity index (χ4v) is 4.23. The topological polar surface area (TPSA) is 100 Å². The highest BCUT2D eigenvalue weighted by Gasteiger charge is 2.26. The maximum Gasteiger partial charge on any atom is 0.237 e. The second kappa shape index (κ2) is 10.5. The summed E-state index contributed by atoms with van der Waals surface area (Å²) < 4.78 is 13.8. The van der Waals surface area contributed by atoms with Gasteiger partial charge in [0.15, 0.2) is 5.13 Å². The molecule has 0 spiro atoms. The number of halogens is 1. The Kier molecular flexibility index (Phi) is 7.75. The van der Waals surface area contributed by atoms with Crippen LogP contribution in [0.1, 0.15) is 42.5 Å². The van der Waals surface area contributed by atoms with Crippen LogP contribution in [0.25, 0.3) is 0 Å². The fraction of sp³-hybridized carbons (Fsp3) is 0.476. The molecule has 0 bridgehead atoms. The lowest BCUT2D eigenvalue weighted by molar-refractivity contribution is -0.126. The molecule has 1 aromatic heterocycles. The number of thiazole rings is 1. The van der Waals surface area contributed by atoms with Gasteiger partial charge in [0.05, 0.1) is 18.5 Å². The molecule has 1 aromatic carbocycles. The number of rotatable bonds is 8. The number of nitrogens with zero attached hydrogens (tertiary/aromatic N) is 2. The molecule has 30 heavy (non-hydrogen) atoms. The van der Waals surface area contributed by atoms with Gasteiger partial charge in [-0.25, -0.2) is 9.37 Å². The molecule has 1 aliphatic heterocycles. The van der Waals surface area contributed by atoms with Crippen molar-refractivity contribution in [3.8, 4) is 0 Å². The first-order valence-electron chi connectivity index (χ1n) is 10.2. The molecule has 4 N–H and O–H groups in total. The molecule has 0 aliphatic carbocycles. The molecule has 2 atom stereocenters. The molecule has 3 rings (SSSR count). The summed E-state index contributed by atoms with van der Waals surface area (Å²) in [5, 5.41) is 6.16. The standard InChI is InChI=1S/C21H28FN5O2S/c1-14(27-8-3-2-4-9-27)19(28)25-13-18(15-6-5-7-16(22)10-15)20(29)24-11-17-12-26-21(23)30-17/h5-7,10,12,14,18H,2-4,8-9,11,13H2,1H3,(H2,23,26)(H,24,29)(H,25,28)/t14-,18-/m0/s1. The van der Waals surface area contributed by atoms with Crippen molar-refractivity contribution in [2.45, 2.75) is 44.7 Å². The number of amides is 2. The molecule has 2 amide bonds. The Hall–Kier alpha value is -2.52.